The Morgan fingerprint density at radius 1 is 1.33 bits per heavy atom. The molecule has 0 amide bonds. The zero-order chi connectivity index (χ0) is 19.2. The third kappa shape index (κ3) is 3.68. The van der Waals surface area contributed by atoms with Crippen molar-refractivity contribution < 1.29 is 32.3 Å². The van der Waals surface area contributed by atoms with E-state index in [-0.39, 0.29) is 30.3 Å². The lowest BCUT2D eigenvalue weighted by Crippen LogP contribution is -2.43. The van der Waals surface area contributed by atoms with Gasteiger partial charge in [0.15, 0.2) is 0 Å². The first-order valence-corrected chi connectivity index (χ1v) is 8.11. The van der Waals surface area contributed by atoms with Crippen LogP contribution in [0.25, 0.3) is 0 Å². The van der Waals surface area contributed by atoms with E-state index in [0.717, 1.165) is 12.8 Å². The smallest absolute Gasteiger partial charge is 0.436 e. The van der Waals surface area contributed by atoms with Gasteiger partial charge in [-0.3, -0.25) is 4.57 Å². The number of rotatable bonds is 5. The Morgan fingerprint density at radius 3 is 2.63 bits per heavy atom. The first-order chi connectivity index (χ1) is 12.7. The molecule has 2 heterocycles. The molecule has 27 heavy (non-hydrogen) atoms. The first-order valence-electron chi connectivity index (χ1n) is 8.11. The largest absolute Gasteiger partial charge is 0.573 e. The highest BCUT2D eigenvalue weighted by atomic mass is 19.4. The number of fused-ring (bicyclic) bond motifs is 1. The minimum atomic E-state index is -4.74. The van der Waals surface area contributed by atoms with E-state index in [4.69, 9.17) is 9.47 Å². The van der Waals surface area contributed by atoms with Crippen LogP contribution in [0, 0.1) is 10.1 Å². The molecule has 2 aromatic rings. The van der Waals surface area contributed by atoms with Gasteiger partial charge in [0.05, 0.1) is 13.2 Å². The van der Waals surface area contributed by atoms with Crippen LogP contribution in [-0.4, -0.2) is 32.5 Å². The summed E-state index contributed by atoms with van der Waals surface area (Å²) in [5, 5.41) is 10.9. The van der Waals surface area contributed by atoms with Crippen molar-refractivity contribution >= 4 is 5.82 Å². The lowest BCUT2D eigenvalue weighted by molar-refractivity contribution is -0.389. The molecule has 144 valence electrons. The van der Waals surface area contributed by atoms with Crippen LogP contribution in [0.3, 0.4) is 0 Å². The summed E-state index contributed by atoms with van der Waals surface area (Å²) < 4.78 is 53.6. The fourth-order valence-corrected chi connectivity index (χ4v) is 3.01. The maximum Gasteiger partial charge on any atom is 0.573 e. The Hall–Kier alpha value is -2.82. The quantitative estimate of drug-likeness (QED) is 0.580. The number of alkyl halides is 3. The minimum absolute atomic E-state index is 0.161. The van der Waals surface area contributed by atoms with E-state index in [2.05, 4.69) is 9.72 Å². The molecule has 1 aromatic carbocycles. The van der Waals surface area contributed by atoms with Gasteiger partial charge in [-0.1, -0.05) is 12.1 Å². The van der Waals surface area contributed by atoms with Crippen molar-refractivity contribution in [3.63, 3.8) is 0 Å². The molecular formula is C16H14F3N3O5. The third-order valence-electron chi connectivity index (χ3n) is 4.51. The van der Waals surface area contributed by atoms with E-state index in [0.29, 0.717) is 12.1 Å². The fraction of sp³-hybridized carbons (Fsp3) is 0.438. The Balaban J connectivity index is 1.41. The van der Waals surface area contributed by atoms with Crippen LogP contribution in [0.2, 0.25) is 0 Å². The number of halogens is 3. The Kier molecular flexibility index (Phi) is 3.98. The van der Waals surface area contributed by atoms with Crippen molar-refractivity contribution in [3.05, 3.63) is 46.1 Å². The summed E-state index contributed by atoms with van der Waals surface area (Å²) in [4.78, 5) is 14.1. The van der Waals surface area contributed by atoms with E-state index in [1.165, 1.54) is 35.0 Å². The normalized spacial score (nSPS) is 20.0. The fourth-order valence-electron chi connectivity index (χ4n) is 3.01. The van der Waals surface area contributed by atoms with Gasteiger partial charge in [-0.25, -0.2) is 0 Å². The maximum atomic E-state index is 12.2. The highest BCUT2D eigenvalue weighted by Gasteiger charge is 2.57. The third-order valence-corrected chi connectivity index (χ3v) is 4.51. The number of benzene rings is 1. The maximum absolute atomic E-state index is 12.2. The number of aromatic nitrogens is 2. The van der Waals surface area contributed by atoms with E-state index in [9.17, 15) is 23.3 Å². The molecular weight excluding hydrogens is 371 g/mol. The molecule has 0 unspecified atom stereocenters. The Bertz CT molecular complexity index is 861. The zero-order valence-electron chi connectivity index (χ0n) is 13.8. The molecule has 8 nitrogen and oxygen atoms in total. The van der Waals surface area contributed by atoms with Gasteiger partial charge in [0, 0.05) is 4.98 Å². The molecule has 1 aromatic heterocycles. The summed E-state index contributed by atoms with van der Waals surface area (Å²) in [7, 11) is 0. The molecule has 4 rings (SSSR count). The molecule has 1 saturated carbocycles. The van der Waals surface area contributed by atoms with Gasteiger partial charge < -0.3 is 24.3 Å². The molecule has 0 N–H and O–H groups in total. The van der Waals surface area contributed by atoms with E-state index < -0.39 is 16.9 Å². The predicted molar refractivity (Wildman–Crippen MR) is 83.2 cm³/mol. The number of imidazole rings is 1. The average Bonchev–Trinajstić information content (AvgIpc) is 3.22. The second kappa shape index (κ2) is 6.12. The SMILES string of the molecule is O=[N+]([O-])c1cn2c(n1)OC1(CC1)[C@@H](OCc1ccc(OC(F)(F)F)cc1)C2. The second-order valence-corrected chi connectivity index (χ2v) is 6.45. The summed E-state index contributed by atoms with van der Waals surface area (Å²) in [5.41, 5.74) is 0.122. The predicted octanol–water partition coefficient (Wildman–Crippen LogP) is 3.20. The lowest BCUT2D eigenvalue weighted by Gasteiger charge is -2.31. The van der Waals surface area contributed by atoms with Crippen molar-refractivity contribution in [1.29, 1.82) is 0 Å². The van der Waals surface area contributed by atoms with Crippen molar-refractivity contribution in [2.75, 3.05) is 0 Å². The standard InChI is InChI=1S/C16H14F3N3O5/c17-16(18,19)26-11-3-1-10(2-4-11)9-25-12-7-21-8-13(22(23)24)20-14(21)27-15(12)5-6-15/h1-4,8,12H,5-7,9H2/t12-/m0/s1. The number of nitrogens with zero attached hydrogens (tertiary/aromatic N) is 3. The molecule has 1 spiro atoms. The van der Waals surface area contributed by atoms with Crippen molar-refractivity contribution in [1.82, 2.24) is 9.55 Å². The summed E-state index contributed by atoms with van der Waals surface area (Å²) >= 11 is 0. The van der Waals surface area contributed by atoms with Gasteiger partial charge in [0.2, 0.25) is 0 Å². The van der Waals surface area contributed by atoms with Crippen LogP contribution in [0.4, 0.5) is 19.0 Å². The van der Waals surface area contributed by atoms with Gasteiger partial charge in [0.1, 0.15) is 23.7 Å². The number of ether oxygens (including phenoxy) is 3. The van der Waals surface area contributed by atoms with Crippen molar-refractivity contribution in [2.45, 2.75) is 44.1 Å². The first kappa shape index (κ1) is 17.6. The molecule has 0 bridgehead atoms. The number of hydrogen-bond donors (Lipinski definition) is 0. The molecule has 0 saturated heterocycles. The summed E-state index contributed by atoms with van der Waals surface area (Å²) in [6.07, 6.45) is -2.29. The Labute approximate surface area is 150 Å². The van der Waals surface area contributed by atoms with Crippen molar-refractivity contribution in [2.24, 2.45) is 0 Å². The van der Waals surface area contributed by atoms with E-state index in [1.807, 2.05) is 0 Å². The van der Waals surface area contributed by atoms with Crippen LogP contribution in [-0.2, 0) is 17.9 Å². The zero-order valence-corrected chi connectivity index (χ0v) is 13.8. The molecule has 11 heteroatoms. The van der Waals surface area contributed by atoms with Gasteiger partial charge in [0.25, 0.3) is 0 Å². The Morgan fingerprint density at radius 2 is 2.04 bits per heavy atom. The van der Waals surface area contributed by atoms with Crippen LogP contribution in [0.1, 0.15) is 18.4 Å². The lowest BCUT2D eigenvalue weighted by atomic mass is 10.1. The van der Waals surface area contributed by atoms with Crippen molar-refractivity contribution in [3.8, 4) is 11.8 Å². The molecule has 1 aliphatic carbocycles. The van der Waals surface area contributed by atoms with E-state index >= 15 is 0 Å². The highest BCUT2D eigenvalue weighted by molar-refractivity contribution is 5.28. The van der Waals surface area contributed by atoms with Crippen LogP contribution in [0.15, 0.2) is 30.5 Å². The summed E-state index contributed by atoms with van der Waals surface area (Å²) in [6.45, 7) is 0.514. The summed E-state index contributed by atoms with van der Waals surface area (Å²) in [5.74, 6) is -0.594. The summed E-state index contributed by atoms with van der Waals surface area (Å²) in [6, 6.07) is 5.60. The molecule has 0 radical (unpaired) electrons. The van der Waals surface area contributed by atoms with Gasteiger partial charge in [-0.15, -0.1) is 13.2 Å². The average molecular weight is 385 g/mol. The topological polar surface area (TPSA) is 88.7 Å². The molecule has 2 aliphatic rings. The highest BCUT2D eigenvalue weighted by Crippen LogP contribution is 2.48. The monoisotopic (exact) mass is 385 g/mol. The van der Waals surface area contributed by atoms with Gasteiger partial charge >= 0.3 is 18.2 Å². The molecule has 1 aliphatic heterocycles. The van der Waals surface area contributed by atoms with E-state index in [1.54, 1.807) is 0 Å². The van der Waals surface area contributed by atoms with Crippen LogP contribution >= 0.6 is 0 Å². The molecule has 1 atom stereocenters. The number of hydrogen-bond acceptors (Lipinski definition) is 6. The number of nitro groups is 1. The van der Waals surface area contributed by atoms with Crippen LogP contribution in [0.5, 0.6) is 11.8 Å². The second-order valence-electron chi connectivity index (χ2n) is 6.45. The molecule has 1 fully saturated rings. The van der Waals surface area contributed by atoms with Gasteiger partial charge in [-0.2, -0.15) is 0 Å². The van der Waals surface area contributed by atoms with Gasteiger partial charge in [-0.05, 0) is 35.5 Å². The van der Waals surface area contributed by atoms with Crippen LogP contribution < -0.4 is 9.47 Å². The minimum Gasteiger partial charge on any atom is -0.436 e.